The van der Waals surface area contributed by atoms with Crippen LogP contribution >= 0.6 is 0 Å². The maximum absolute atomic E-state index is 11.4. The van der Waals surface area contributed by atoms with E-state index in [-0.39, 0.29) is 11.7 Å². The second-order valence-corrected chi connectivity index (χ2v) is 4.30. The van der Waals surface area contributed by atoms with Gasteiger partial charge in [-0.15, -0.1) is 0 Å². The Bertz CT molecular complexity index is 142. The number of rotatable bonds is 2. The van der Waals surface area contributed by atoms with Gasteiger partial charge in [-0.2, -0.15) is 0 Å². The molecule has 0 fully saturated rings. The van der Waals surface area contributed by atoms with Gasteiger partial charge in [-0.3, -0.25) is 4.79 Å². The number of ketones is 1. The molecule has 0 radical (unpaired) electrons. The molecule has 0 aromatic heterocycles. The van der Waals surface area contributed by atoms with Crippen molar-refractivity contribution in [3.05, 3.63) is 0 Å². The number of aliphatic hydroxyl groups excluding tert-OH is 1. The summed E-state index contributed by atoms with van der Waals surface area (Å²) in [4.78, 5) is 11.4. The lowest BCUT2D eigenvalue weighted by Gasteiger charge is -2.22. The molecule has 0 aliphatic rings. The van der Waals surface area contributed by atoms with Crippen molar-refractivity contribution >= 4 is 5.78 Å². The van der Waals surface area contributed by atoms with Gasteiger partial charge in [0.1, 0.15) is 6.10 Å². The summed E-state index contributed by atoms with van der Waals surface area (Å²) in [5, 5.41) is 9.38. The van der Waals surface area contributed by atoms with Crippen LogP contribution in [-0.2, 0) is 4.79 Å². The summed E-state index contributed by atoms with van der Waals surface area (Å²) in [5.41, 5.74) is -0.427. The molecule has 0 bridgehead atoms. The maximum Gasteiger partial charge on any atom is 0.166 e. The number of hydrogen-bond acceptors (Lipinski definition) is 2. The van der Waals surface area contributed by atoms with E-state index in [9.17, 15) is 9.90 Å². The fraction of sp³-hybridized carbons (Fsp3) is 0.889. The molecule has 0 aliphatic carbocycles. The predicted molar refractivity (Wildman–Crippen MR) is 45.3 cm³/mol. The van der Waals surface area contributed by atoms with E-state index >= 15 is 0 Å². The van der Waals surface area contributed by atoms with Crippen molar-refractivity contribution in [3.8, 4) is 0 Å². The summed E-state index contributed by atoms with van der Waals surface area (Å²) in [6, 6.07) is 0. The van der Waals surface area contributed by atoms with E-state index in [1.165, 1.54) is 0 Å². The zero-order valence-corrected chi connectivity index (χ0v) is 8.01. The first-order valence-electron chi connectivity index (χ1n) is 3.99. The Hall–Kier alpha value is -0.370. The third kappa shape index (κ3) is 3.02. The highest BCUT2D eigenvalue weighted by atomic mass is 16.3. The van der Waals surface area contributed by atoms with Gasteiger partial charge in [0, 0.05) is 5.41 Å². The van der Waals surface area contributed by atoms with Gasteiger partial charge in [-0.1, -0.05) is 34.6 Å². The zero-order valence-electron chi connectivity index (χ0n) is 8.01. The summed E-state index contributed by atoms with van der Waals surface area (Å²) in [7, 11) is 0. The van der Waals surface area contributed by atoms with E-state index in [0.29, 0.717) is 0 Å². The molecule has 1 N–H and O–H groups in total. The molecule has 0 aromatic rings. The summed E-state index contributed by atoms with van der Waals surface area (Å²) >= 11 is 0. The van der Waals surface area contributed by atoms with Gasteiger partial charge in [0.05, 0.1) is 0 Å². The van der Waals surface area contributed by atoms with Crippen LogP contribution in [0.15, 0.2) is 0 Å². The second kappa shape index (κ2) is 3.35. The van der Waals surface area contributed by atoms with Gasteiger partial charge in [0.25, 0.3) is 0 Å². The Morgan fingerprint density at radius 3 is 1.73 bits per heavy atom. The van der Waals surface area contributed by atoms with Crippen LogP contribution < -0.4 is 0 Å². The third-order valence-corrected chi connectivity index (χ3v) is 1.64. The summed E-state index contributed by atoms with van der Waals surface area (Å²) in [5.74, 6) is -0.0609. The number of carbonyl (C=O) groups is 1. The average Bonchev–Trinajstić information content (AvgIpc) is 1.82. The van der Waals surface area contributed by atoms with Crippen LogP contribution in [0.1, 0.15) is 34.6 Å². The Labute approximate surface area is 68.6 Å². The van der Waals surface area contributed by atoms with Crippen molar-refractivity contribution in [2.75, 3.05) is 0 Å². The molecule has 0 spiro atoms. The van der Waals surface area contributed by atoms with E-state index in [1.54, 1.807) is 0 Å². The van der Waals surface area contributed by atoms with Crippen LogP contribution in [0.4, 0.5) is 0 Å². The van der Waals surface area contributed by atoms with E-state index in [2.05, 4.69) is 0 Å². The normalized spacial score (nSPS) is 15.2. The molecule has 11 heavy (non-hydrogen) atoms. The highest BCUT2D eigenvalue weighted by Gasteiger charge is 2.29. The van der Waals surface area contributed by atoms with Gasteiger partial charge < -0.3 is 5.11 Å². The maximum atomic E-state index is 11.4. The molecule has 2 nitrogen and oxygen atoms in total. The van der Waals surface area contributed by atoms with Crippen LogP contribution in [0, 0.1) is 11.3 Å². The lowest BCUT2D eigenvalue weighted by molar-refractivity contribution is -0.137. The first-order chi connectivity index (χ1) is 4.76. The highest BCUT2D eigenvalue weighted by molar-refractivity contribution is 5.87. The molecule has 0 aliphatic heterocycles. The standard InChI is InChI=1S/C9H18O2/c1-6(2)7(10)8(11)9(3,4)5/h6-7,10H,1-5H3. The lowest BCUT2D eigenvalue weighted by atomic mass is 9.84. The molecular formula is C9H18O2. The van der Waals surface area contributed by atoms with E-state index < -0.39 is 11.5 Å². The fourth-order valence-corrected chi connectivity index (χ4v) is 0.746. The fourth-order valence-electron chi connectivity index (χ4n) is 0.746. The van der Waals surface area contributed by atoms with Crippen LogP contribution in [0.5, 0.6) is 0 Å². The molecule has 0 heterocycles. The van der Waals surface area contributed by atoms with Crippen LogP contribution in [0.2, 0.25) is 0 Å². The Morgan fingerprint density at radius 2 is 1.64 bits per heavy atom. The number of carbonyl (C=O) groups excluding carboxylic acids is 1. The summed E-state index contributed by atoms with van der Waals surface area (Å²) < 4.78 is 0. The van der Waals surface area contributed by atoms with E-state index in [1.807, 2.05) is 34.6 Å². The highest BCUT2D eigenvalue weighted by Crippen LogP contribution is 2.19. The Kier molecular flexibility index (Phi) is 3.24. The third-order valence-electron chi connectivity index (χ3n) is 1.64. The predicted octanol–water partition coefficient (Wildman–Crippen LogP) is 1.62. The van der Waals surface area contributed by atoms with Crippen molar-refractivity contribution in [2.45, 2.75) is 40.7 Å². The number of aliphatic hydroxyl groups is 1. The van der Waals surface area contributed by atoms with Crippen LogP contribution in [-0.4, -0.2) is 17.0 Å². The van der Waals surface area contributed by atoms with Gasteiger partial charge in [0.15, 0.2) is 5.78 Å². The number of hydrogen-bond donors (Lipinski definition) is 1. The van der Waals surface area contributed by atoms with E-state index in [0.717, 1.165) is 0 Å². The van der Waals surface area contributed by atoms with Gasteiger partial charge in [-0.05, 0) is 5.92 Å². The van der Waals surface area contributed by atoms with Crippen molar-refractivity contribution in [2.24, 2.45) is 11.3 Å². The Morgan fingerprint density at radius 1 is 1.27 bits per heavy atom. The largest absolute Gasteiger partial charge is 0.385 e. The molecule has 66 valence electrons. The topological polar surface area (TPSA) is 37.3 Å². The van der Waals surface area contributed by atoms with Gasteiger partial charge in [-0.25, -0.2) is 0 Å². The van der Waals surface area contributed by atoms with Crippen molar-refractivity contribution in [3.63, 3.8) is 0 Å². The molecule has 1 unspecified atom stereocenters. The van der Waals surface area contributed by atoms with Gasteiger partial charge in [0.2, 0.25) is 0 Å². The SMILES string of the molecule is CC(C)C(O)C(=O)C(C)(C)C. The van der Waals surface area contributed by atoms with Crippen molar-refractivity contribution < 1.29 is 9.90 Å². The molecule has 0 rings (SSSR count). The smallest absolute Gasteiger partial charge is 0.166 e. The summed E-state index contributed by atoms with van der Waals surface area (Å²) in [6.45, 7) is 9.14. The first-order valence-corrected chi connectivity index (χ1v) is 3.99. The molecule has 0 aromatic carbocycles. The summed E-state index contributed by atoms with van der Waals surface area (Å²) in [6.07, 6.45) is -0.810. The van der Waals surface area contributed by atoms with Crippen molar-refractivity contribution in [1.82, 2.24) is 0 Å². The molecule has 0 amide bonds. The van der Waals surface area contributed by atoms with Crippen LogP contribution in [0.3, 0.4) is 0 Å². The quantitative estimate of drug-likeness (QED) is 0.663. The lowest BCUT2D eigenvalue weighted by Crippen LogP contribution is -2.35. The van der Waals surface area contributed by atoms with E-state index in [4.69, 9.17) is 0 Å². The minimum atomic E-state index is -0.810. The monoisotopic (exact) mass is 158 g/mol. The minimum absolute atomic E-state index is 0.0155. The zero-order chi connectivity index (χ0) is 9.23. The Balaban J connectivity index is 4.26. The molecule has 0 saturated heterocycles. The molecule has 0 saturated carbocycles. The molecular weight excluding hydrogens is 140 g/mol. The van der Waals surface area contributed by atoms with Crippen molar-refractivity contribution in [1.29, 1.82) is 0 Å². The second-order valence-electron chi connectivity index (χ2n) is 4.30. The minimum Gasteiger partial charge on any atom is -0.385 e. The number of Topliss-reactive ketones (excluding diaryl/α,β-unsaturated/α-hetero) is 1. The molecule has 1 atom stereocenters. The average molecular weight is 158 g/mol. The molecule has 2 heteroatoms. The van der Waals surface area contributed by atoms with Crippen LogP contribution in [0.25, 0.3) is 0 Å². The van der Waals surface area contributed by atoms with Gasteiger partial charge >= 0.3 is 0 Å². The first kappa shape index (κ1) is 10.6.